The standard InChI is InChI=1S/C17H19N3O5/c1-11(15(22)20-9-7-18-17(20)24)25-16(23)12-4-2-5-13(10-12)19-8-3-6-14(19)21/h2,4-5,10-11H,3,6-9H2,1H3,(H,18,24). The maximum Gasteiger partial charge on any atom is 0.338 e. The van der Waals surface area contributed by atoms with Gasteiger partial charge in [-0.05, 0) is 31.5 Å². The minimum atomic E-state index is -1.08. The molecule has 0 spiro atoms. The fraction of sp³-hybridized carbons (Fsp3) is 0.412. The monoisotopic (exact) mass is 345 g/mol. The van der Waals surface area contributed by atoms with Gasteiger partial charge in [-0.2, -0.15) is 0 Å². The summed E-state index contributed by atoms with van der Waals surface area (Å²) >= 11 is 0. The lowest BCUT2D eigenvalue weighted by Gasteiger charge is -2.19. The van der Waals surface area contributed by atoms with Crippen LogP contribution in [0.1, 0.15) is 30.1 Å². The van der Waals surface area contributed by atoms with Crippen LogP contribution in [0.2, 0.25) is 0 Å². The summed E-state index contributed by atoms with van der Waals surface area (Å²) in [4.78, 5) is 50.5. The van der Waals surface area contributed by atoms with Crippen molar-refractivity contribution in [3.05, 3.63) is 29.8 Å². The molecule has 25 heavy (non-hydrogen) atoms. The number of rotatable bonds is 4. The molecular formula is C17H19N3O5. The second-order valence-corrected chi connectivity index (χ2v) is 5.97. The van der Waals surface area contributed by atoms with E-state index >= 15 is 0 Å². The quantitative estimate of drug-likeness (QED) is 0.818. The molecule has 1 N–H and O–H groups in total. The largest absolute Gasteiger partial charge is 0.449 e. The number of nitrogens with one attached hydrogen (secondary N) is 1. The van der Waals surface area contributed by atoms with Gasteiger partial charge in [-0.25, -0.2) is 9.59 Å². The molecule has 3 rings (SSSR count). The van der Waals surface area contributed by atoms with Crippen LogP contribution in [0.25, 0.3) is 0 Å². The van der Waals surface area contributed by atoms with E-state index in [0.29, 0.717) is 25.2 Å². The number of ether oxygens (including phenoxy) is 1. The van der Waals surface area contributed by atoms with Gasteiger partial charge in [0.15, 0.2) is 6.10 Å². The second-order valence-electron chi connectivity index (χ2n) is 5.97. The van der Waals surface area contributed by atoms with Gasteiger partial charge in [-0.1, -0.05) is 6.07 Å². The number of urea groups is 1. The van der Waals surface area contributed by atoms with Crippen molar-refractivity contribution in [2.45, 2.75) is 25.9 Å². The average Bonchev–Trinajstić information content (AvgIpc) is 3.22. The molecule has 2 aliphatic rings. The van der Waals surface area contributed by atoms with E-state index in [1.807, 2.05) is 0 Å². The summed E-state index contributed by atoms with van der Waals surface area (Å²) in [7, 11) is 0. The lowest BCUT2D eigenvalue weighted by atomic mass is 10.2. The lowest BCUT2D eigenvalue weighted by Crippen LogP contribution is -2.41. The van der Waals surface area contributed by atoms with Crippen LogP contribution < -0.4 is 10.2 Å². The summed E-state index contributed by atoms with van der Waals surface area (Å²) in [6, 6.07) is 6.07. The third kappa shape index (κ3) is 3.47. The summed E-state index contributed by atoms with van der Waals surface area (Å²) in [5.41, 5.74) is 0.887. The molecule has 8 nitrogen and oxygen atoms in total. The molecule has 2 aliphatic heterocycles. The van der Waals surface area contributed by atoms with Gasteiger partial charge in [-0.15, -0.1) is 0 Å². The van der Waals surface area contributed by atoms with Crippen molar-refractivity contribution in [3.8, 4) is 0 Å². The Morgan fingerprint density at radius 2 is 2.04 bits per heavy atom. The van der Waals surface area contributed by atoms with Crippen molar-refractivity contribution < 1.29 is 23.9 Å². The number of hydrogen-bond acceptors (Lipinski definition) is 5. The molecule has 4 amide bonds. The van der Waals surface area contributed by atoms with Gasteiger partial charge in [0.05, 0.1) is 5.56 Å². The smallest absolute Gasteiger partial charge is 0.338 e. The first kappa shape index (κ1) is 16.9. The van der Waals surface area contributed by atoms with E-state index in [4.69, 9.17) is 4.74 Å². The van der Waals surface area contributed by atoms with Crippen LogP contribution in [0.4, 0.5) is 10.5 Å². The first-order chi connectivity index (χ1) is 12.0. The molecule has 0 aromatic heterocycles. The van der Waals surface area contributed by atoms with Crippen molar-refractivity contribution >= 4 is 29.5 Å². The van der Waals surface area contributed by atoms with Gasteiger partial charge in [0.25, 0.3) is 5.91 Å². The predicted octanol–water partition coefficient (Wildman–Crippen LogP) is 0.911. The van der Waals surface area contributed by atoms with Crippen LogP contribution in [0.5, 0.6) is 0 Å². The third-order valence-electron chi connectivity index (χ3n) is 4.22. The number of anilines is 1. The Kier molecular flexibility index (Phi) is 4.69. The molecule has 1 aromatic rings. The molecule has 0 radical (unpaired) electrons. The lowest BCUT2D eigenvalue weighted by molar-refractivity contribution is -0.136. The Morgan fingerprint density at radius 1 is 1.24 bits per heavy atom. The molecule has 2 saturated heterocycles. The van der Waals surface area contributed by atoms with Gasteiger partial charge in [0.2, 0.25) is 5.91 Å². The molecular weight excluding hydrogens is 326 g/mol. The van der Waals surface area contributed by atoms with Crippen LogP contribution in [0, 0.1) is 0 Å². The number of carbonyl (C=O) groups excluding carboxylic acids is 4. The van der Waals surface area contributed by atoms with Gasteiger partial charge in [-0.3, -0.25) is 14.5 Å². The highest BCUT2D eigenvalue weighted by molar-refractivity contribution is 6.00. The van der Waals surface area contributed by atoms with Gasteiger partial charge >= 0.3 is 12.0 Å². The van der Waals surface area contributed by atoms with E-state index in [1.165, 1.54) is 6.92 Å². The number of esters is 1. The minimum absolute atomic E-state index is 0.0223. The molecule has 0 aliphatic carbocycles. The van der Waals surface area contributed by atoms with Crippen LogP contribution in [0.15, 0.2) is 24.3 Å². The van der Waals surface area contributed by atoms with Crippen molar-refractivity contribution in [1.29, 1.82) is 0 Å². The first-order valence-electron chi connectivity index (χ1n) is 8.18. The first-order valence-corrected chi connectivity index (χ1v) is 8.18. The molecule has 2 fully saturated rings. The molecule has 1 unspecified atom stereocenters. The Hall–Kier alpha value is -2.90. The molecule has 2 heterocycles. The Bertz CT molecular complexity index is 733. The Morgan fingerprint density at radius 3 is 2.68 bits per heavy atom. The van der Waals surface area contributed by atoms with E-state index < -0.39 is 24.0 Å². The normalized spacial score (nSPS) is 18.3. The summed E-state index contributed by atoms with van der Waals surface area (Å²) < 4.78 is 5.19. The summed E-state index contributed by atoms with van der Waals surface area (Å²) in [6.45, 7) is 2.69. The van der Waals surface area contributed by atoms with Crippen molar-refractivity contribution in [2.75, 3.05) is 24.5 Å². The van der Waals surface area contributed by atoms with Crippen LogP contribution in [-0.2, 0) is 14.3 Å². The van der Waals surface area contributed by atoms with Crippen LogP contribution >= 0.6 is 0 Å². The molecule has 0 saturated carbocycles. The highest BCUT2D eigenvalue weighted by Crippen LogP contribution is 2.22. The van der Waals surface area contributed by atoms with E-state index in [1.54, 1.807) is 29.2 Å². The summed E-state index contributed by atoms with van der Waals surface area (Å²) in [5.74, 6) is -1.21. The predicted molar refractivity (Wildman–Crippen MR) is 88.0 cm³/mol. The number of benzene rings is 1. The van der Waals surface area contributed by atoms with Crippen molar-refractivity contribution in [2.24, 2.45) is 0 Å². The summed E-state index contributed by atoms with van der Waals surface area (Å²) in [6.07, 6.45) is 0.211. The number of nitrogens with zero attached hydrogens (tertiary/aromatic N) is 2. The SMILES string of the molecule is CC(OC(=O)c1cccc(N2CCCC2=O)c1)C(=O)N1CCNC1=O. The van der Waals surface area contributed by atoms with E-state index in [0.717, 1.165) is 11.3 Å². The van der Waals surface area contributed by atoms with E-state index in [9.17, 15) is 19.2 Å². The number of amides is 4. The van der Waals surface area contributed by atoms with Gasteiger partial charge in [0, 0.05) is 31.7 Å². The molecule has 132 valence electrons. The fourth-order valence-corrected chi connectivity index (χ4v) is 2.90. The highest BCUT2D eigenvalue weighted by atomic mass is 16.5. The van der Waals surface area contributed by atoms with Crippen LogP contribution in [-0.4, -0.2) is 54.5 Å². The third-order valence-corrected chi connectivity index (χ3v) is 4.22. The zero-order valence-corrected chi connectivity index (χ0v) is 13.9. The zero-order valence-electron chi connectivity index (χ0n) is 13.9. The fourth-order valence-electron chi connectivity index (χ4n) is 2.90. The van der Waals surface area contributed by atoms with Crippen molar-refractivity contribution in [3.63, 3.8) is 0 Å². The topological polar surface area (TPSA) is 96.0 Å². The van der Waals surface area contributed by atoms with Crippen molar-refractivity contribution in [1.82, 2.24) is 10.2 Å². The molecule has 1 atom stereocenters. The van der Waals surface area contributed by atoms with E-state index in [-0.39, 0.29) is 18.0 Å². The number of hydrogen-bond donors (Lipinski definition) is 1. The number of carbonyl (C=O) groups is 4. The van der Waals surface area contributed by atoms with E-state index in [2.05, 4.69) is 5.32 Å². The van der Waals surface area contributed by atoms with Gasteiger partial charge in [0.1, 0.15) is 0 Å². The summed E-state index contributed by atoms with van der Waals surface area (Å²) in [5, 5.41) is 2.52. The van der Waals surface area contributed by atoms with Gasteiger partial charge < -0.3 is 15.0 Å². The zero-order chi connectivity index (χ0) is 18.0. The van der Waals surface area contributed by atoms with Crippen LogP contribution in [0.3, 0.4) is 0 Å². The minimum Gasteiger partial charge on any atom is -0.449 e. The Balaban J connectivity index is 1.67. The highest BCUT2D eigenvalue weighted by Gasteiger charge is 2.32. The molecule has 1 aromatic carbocycles. The Labute approximate surface area is 144 Å². The maximum atomic E-state index is 12.3. The number of imide groups is 1. The maximum absolute atomic E-state index is 12.3. The average molecular weight is 345 g/mol. The second kappa shape index (κ2) is 6.92. The molecule has 0 bridgehead atoms. The molecule has 8 heteroatoms.